The monoisotopic (exact) mass is 411 g/mol. The molecule has 1 fully saturated rings. The number of ether oxygens (including phenoxy) is 1. The minimum atomic E-state index is -0.956. The first-order valence-electron chi connectivity index (χ1n) is 10.2. The fourth-order valence-electron chi connectivity index (χ4n) is 4.14. The first-order chi connectivity index (χ1) is 13.5. The number of Topliss-reactive ketones (excluding diaryl/α,β-unsaturated/α-hetero) is 1. The molecule has 0 aromatic rings. The van der Waals surface area contributed by atoms with Crippen molar-refractivity contribution in [3.63, 3.8) is 0 Å². The molecule has 7 heteroatoms. The summed E-state index contributed by atoms with van der Waals surface area (Å²) in [7, 11) is 0. The summed E-state index contributed by atoms with van der Waals surface area (Å²) in [6.07, 6.45) is 0.879. The van der Waals surface area contributed by atoms with Crippen molar-refractivity contribution in [3.05, 3.63) is 24.3 Å². The Kier molecular flexibility index (Phi) is 9.68. The van der Waals surface area contributed by atoms with Gasteiger partial charge in [0.2, 0.25) is 0 Å². The molecule has 3 N–H and O–H groups in total. The maximum absolute atomic E-state index is 13.2. The van der Waals surface area contributed by atoms with E-state index in [0.717, 1.165) is 5.57 Å². The van der Waals surface area contributed by atoms with Gasteiger partial charge in [-0.25, -0.2) is 0 Å². The van der Waals surface area contributed by atoms with Gasteiger partial charge in [0.05, 0.1) is 31.3 Å². The van der Waals surface area contributed by atoms with Crippen molar-refractivity contribution in [3.8, 4) is 0 Å². The van der Waals surface area contributed by atoms with Crippen LogP contribution >= 0.6 is 0 Å². The number of aliphatic hydroxyl groups is 2. The summed E-state index contributed by atoms with van der Waals surface area (Å²) in [5, 5.41) is 27.2. The second kappa shape index (κ2) is 11.0. The van der Waals surface area contributed by atoms with Gasteiger partial charge in [-0.15, -0.1) is 0 Å². The summed E-state index contributed by atoms with van der Waals surface area (Å²) in [4.78, 5) is 26.0. The molecule has 29 heavy (non-hydrogen) atoms. The lowest BCUT2D eigenvalue weighted by molar-refractivity contribution is -0.137. The molecule has 0 aromatic heterocycles. The van der Waals surface area contributed by atoms with Gasteiger partial charge in [-0.3, -0.25) is 14.5 Å². The van der Waals surface area contributed by atoms with E-state index < -0.39 is 11.4 Å². The number of carbonyl (C=O) groups is 2. The standard InChI is InChI=1S/C22H37NO6/c1-16(2)21(4)14-18(29-13-10-23(8-11-24)9-12-25)22(5,15-21)20(28)17(3)6-7-19(26)27/h18,24-25H,1,3,6-15H2,2,4-5H3,(H,26,27)/t18-,21+,22-/m1/s1. The van der Waals surface area contributed by atoms with E-state index in [1.807, 2.05) is 18.7 Å². The van der Waals surface area contributed by atoms with E-state index in [-0.39, 0.29) is 43.4 Å². The van der Waals surface area contributed by atoms with Crippen molar-refractivity contribution in [2.45, 2.75) is 52.6 Å². The van der Waals surface area contributed by atoms with E-state index in [9.17, 15) is 9.59 Å². The molecular formula is C22H37NO6. The van der Waals surface area contributed by atoms with E-state index >= 15 is 0 Å². The minimum absolute atomic E-state index is 0.00321. The summed E-state index contributed by atoms with van der Waals surface area (Å²) in [6.45, 7) is 15.6. The highest BCUT2D eigenvalue weighted by atomic mass is 16.5. The normalized spacial score (nSPS) is 26.6. The second-order valence-corrected chi connectivity index (χ2v) is 8.61. The first-order valence-corrected chi connectivity index (χ1v) is 10.2. The zero-order valence-electron chi connectivity index (χ0n) is 18.1. The molecule has 0 saturated heterocycles. The number of carboxylic acid groups (broad SMARTS) is 1. The number of allylic oxidation sites excluding steroid dienone is 2. The van der Waals surface area contributed by atoms with E-state index in [0.29, 0.717) is 44.7 Å². The highest BCUT2D eigenvalue weighted by Gasteiger charge is 2.55. The van der Waals surface area contributed by atoms with Crippen molar-refractivity contribution >= 4 is 11.8 Å². The number of hydrogen-bond acceptors (Lipinski definition) is 6. The third-order valence-corrected chi connectivity index (χ3v) is 6.17. The van der Waals surface area contributed by atoms with Crippen molar-refractivity contribution < 1.29 is 29.6 Å². The highest BCUT2D eigenvalue weighted by molar-refractivity contribution is 6.00. The molecular weight excluding hydrogens is 374 g/mol. The van der Waals surface area contributed by atoms with Crippen LogP contribution in [0.2, 0.25) is 0 Å². The predicted octanol–water partition coefficient (Wildman–Crippen LogP) is 2.03. The molecule has 1 aliphatic carbocycles. The summed E-state index contributed by atoms with van der Waals surface area (Å²) >= 11 is 0. The Morgan fingerprint density at radius 2 is 1.69 bits per heavy atom. The van der Waals surface area contributed by atoms with Gasteiger partial charge in [0, 0.05) is 26.1 Å². The third kappa shape index (κ3) is 6.74. The van der Waals surface area contributed by atoms with E-state index in [4.69, 9.17) is 20.1 Å². The van der Waals surface area contributed by atoms with Crippen LogP contribution in [0.25, 0.3) is 0 Å². The Hall–Kier alpha value is -1.54. The smallest absolute Gasteiger partial charge is 0.303 e. The van der Waals surface area contributed by atoms with Crippen molar-refractivity contribution in [2.75, 3.05) is 39.5 Å². The number of aliphatic hydroxyl groups excluding tert-OH is 2. The molecule has 0 bridgehead atoms. The Morgan fingerprint density at radius 3 is 2.17 bits per heavy atom. The lowest BCUT2D eigenvalue weighted by Crippen LogP contribution is -2.40. The molecule has 0 aliphatic heterocycles. The summed E-state index contributed by atoms with van der Waals surface area (Å²) in [6, 6.07) is 0. The van der Waals surface area contributed by atoms with Crippen molar-refractivity contribution in [1.82, 2.24) is 4.90 Å². The van der Waals surface area contributed by atoms with Crippen molar-refractivity contribution in [1.29, 1.82) is 0 Å². The molecule has 0 aromatic carbocycles. The Labute approximate surface area is 174 Å². The second-order valence-electron chi connectivity index (χ2n) is 8.61. The average molecular weight is 412 g/mol. The zero-order valence-corrected chi connectivity index (χ0v) is 18.1. The first kappa shape index (κ1) is 25.5. The zero-order chi connectivity index (χ0) is 22.2. The molecule has 0 amide bonds. The van der Waals surface area contributed by atoms with Gasteiger partial charge in [0.25, 0.3) is 0 Å². The highest BCUT2D eigenvalue weighted by Crippen LogP contribution is 2.55. The lowest BCUT2D eigenvalue weighted by atomic mass is 9.74. The fourth-order valence-corrected chi connectivity index (χ4v) is 4.14. The van der Waals surface area contributed by atoms with Crippen LogP contribution in [0.3, 0.4) is 0 Å². The van der Waals surface area contributed by atoms with Crippen LogP contribution in [-0.2, 0) is 14.3 Å². The van der Waals surface area contributed by atoms with Crippen LogP contribution in [-0.4, -0.2) is 77.5 Å². The summed E-state index contributed by atoms with van der Waals surface area (Å²) < 4.78 is 6.16. The van der Waals surface area contributed by atoms with E-state index in [1.165, 1.54) is 0 Å². The van der Waals surface area contributed by atoms with Crippen LogP contribution in [0.15, 0.2) is 24.3 Å². The van der Waals surface area contributed by atoms with Crippen LogP contribution in [0.4, 0.5) is 0 Å². The molecule has 3 atom stereocenters. The van der Waals surface area contributed by atoms with Gasteiger partial charge in [0.15, 0.2) is 5.78 Å². The Bertz CT molecular complexity index is 612. The number of nitrogens with zero attached hydrogens (tertiary/aromatic N) is 1. The Balaban J connectivity index is 2.92. The van der Waals surface area contributed by atoms with Gasteiger partial charge in [-0.2, -0.15) is 0 Å². The number of carbonyl (C=O) groups excluding carboxylic acids is 1. The van der Waals surface area contributed by atoms with Crippen LogP contribution in [0.1, 0.15) is 46.5 Å². The predicted molar refractivity (Wildman–Crippen MR) is 112 cm³/mol. The molecule has 1 rings (SSSR count). The van der Waals surface area contributed by atoms with Gasteiger partial charge in [-0.1, -0.05) is 25.7 Å². The van der Waals surface area contributed by atoms with Crippen LogP contribution in [0.5, 0.6) is 0 Å². The fraction of sp³-hybridized carbons (Fsp3) is 0.727. The van der Waals surface area contributed by atoms with Crippen LogP contribution < -0.4 is 0 Å². The molecule has 0 unspecified atom stereocenters. The van der Waals surface area contributed by atoms with E-state index in [1.54, 1.807) is 0 Å². The maximum atomic E-state index is 13.2. The lowest BCUT2D eigenvalue weighted by Gasteiger charge is -2.32. The summed E-state index contributed by atoms with van der Waals surface area (Å²) in [5.41, 5.74) is 0.248. The molecule has 166 valence electrons. The van der Waals surface area contributed by atoms with Crippen molar-refractivity contribution in [2.24, 2.45) is 10.8 Å². The molecule has 7 nitrogen and oxygen atoms in total. The molecule has 1 aliphatic rings. The number of aliphatic carboxylic acids is 1. The quantitative estimate of drug-likeness (QED) is 0.296. The largest absolute Gasteiger partial charge is 0.481 e. The molecule has 0 spiro atoms. The molecule has 0 radical (unpaired) electrons. The average Bonchev–Trinajstić information content (AvgIpc) is 2.92. The van der Waals surface area contributed by atoms with E-state index in [2.05, 4.69) is 20.1 Å². The van der Waals surface area contributed by atoms with Gasteiger partial charge < -0.3 is 20.1 Å². The topological polar surface area (TPSA) is 107 Å². The maximum Gasteiger partial charge on any atom is 0.303 e. The number of hydrogen-bond donors (Lipinski definition) is 3. The van der Waals surface area contributed by atoms with Crippen LogP contribution in [0, 0.1) is 10.8 Å². The van der Waals surface area contributed by atoms with Gasteiger partial charge >= 0.3 is 5.97 Å². The Morgan fingerprint density at radius 1 is 1.10 bits per heavy atom. The number of carboxylic acids is 1. The SMILES string of the molecule is C=C(CCC(=O)O)C(=O)[C@]1(C)C[C@@](C)(C(=C)C)C[C@H]1OCCN(CCO)CCO. The third-order valence-electron chi connectivity index (χ3n) is 6.17. The molecule has 0 heterocycles. The minimum Gasteiger partial charge on any atom is -0.481 e. The molecule has 1 saturated carbocycles. The van der Waals surface area contributed by atoms with Gasteiger partial charge in [0.1, 0.15) is 0 Å². The van der Waals surface area contributed by atoms with Gasteiger partial charge in [-0.05, 0) is 44.1 Å². The summed E-state index contributed by atoms with van der Waals surface area (Å²) in [5.74, 6) is -1.10. The number of rotatable bonds is 14. The number of ketones is 1.